The largest absolute Gasteiger partial charge is 0.482 e. The van der Waals surface area contributed by atoms with Crippen molar-refractivity contribution in [2.75, 3.05) is 0 Å². The van der Waals surface area contributed by atoms with Gasteiger partial charge >= 0.3 is 0 Å². The summed E-state index contributed by atoms with van der Waals surface area (Å²) in [7, 11) is 0. The van der Waals surface area contributed by atoms with E-state index in [1.54, 1.807) is 0 Å². The van der Waals surface area contributed by atoms with Crippen molar-refractivity contribution >= 4 is 17.2 Å². The zero-order chi connectivity index (χ0) is 11.1. The predicted octanol–water partition coefficient (Wildman–Crippen LogP) is 1.21. The van der Waals surface area contributed by atoms with Gasteiger partial charge in [-0.3, -0.25) is 4.79 Å². The number of carbonyl (C=O) groups is 1. The zero-order valence-corrected chi connectivity index (χ0v) is 8.72. The molecule has 0 spiro atoms. The van der Waals surface area contributed by atoms with E-state index in [2.05, 4.69) is 4.99 Å². The van der Waals surface area contributed by atoms with Crippen LogP contribution >= 0.6 is 0 Å². The second-order valence-corrected chi connectivity index (χ2v) is 4.16. The van der Waals surface area contributed by atoms with Gasteiger partial charge in [-0.15, -0.1) is 0 Å². The van der Waals surface area contributed by atoms with Gasteiger partial charge < -0.3 is 10.5 Å². The molecule has 0 aromatic heterocycles. The normalized spacial score (nSPS) is 27.6. The molecule has 1 aromatic rings. The number of para-hydroxylation sites is 2. The quantitative estimate of drug-likeness (QED) is 0.709. The standard InChI is InChI=1S/C12H12N2O2/c13-7-5-9-12(6-10(7)15)16-11-4-2-1-3-8(11)14-9/h1-4,7,12H,5-6,13H2. The average molecular weight is 216 g/mol. The fourth-order valence-electron chi connectivity index (χ4n) is 2.11. The lowest BCUT2D eigenvalue weighted by Crippen LogP contribution is -2.47. The maximum absolute atomic E-state index is 11.5. The minimum Gasteiger partial charge on any atom is -0.482 e. The SMILES string of the molecule is NC1CC2=Nc3ccccc3OC2CC1=O. The van der Waals surface area contributed by atoms with Gasteiger partial charge in [0, 0.05) is 6.42 Å². The molecule has 1 aromatic carbocycles. The van der Waals surface area contributed by atoms with Gasteiger partial charge in [0.1, 0.15) is 17.5 Å². The number of benzene rings is 1. The van der Waals surface area contributed by atoms with Crippen LogP contribution in [0.3, 0.4) is 0 Å². The molecule has 1 saturated carbocycles. The summed E-state index contributed by atoms with van der Waals surface area (Å²) in [5.41, 5.74) is 7.44. The molecule has 0 amide bonds. The van der Waals surface area contributed by atoms with Gasteiger partial charge in [-0.05, 0) is 12.1 Å². The number of ether oxygens (including phenoxy) is 1. The van der Waals surface area contributed by atoms with Crippen LogP contribution in [-0.2, 0) is 4.79 Å². The minimum absolute atomic E-state index is 0.0586. The van der Waals surface area contributed by atoms with Gasteiger partial charge in [-0.2, -0.15) is 0 Å². The number of carbonyl (C=O) groups excluding carboxylic acids is 1. The van der Waals surface area contributed by atoms with E-state index < -0.39 is 6.04 Å². The molecule has 1 heterocycles. The third-order valence-corrected chi connectivity index (χ3v) is 3.00. The van der Waals surface area contributed by atoms with Gasteiger partial charge in [0.25, 0.3) is 0 Å². The molecule has 4 heteroatoms. The van der Waals surface area contributed by atoms with E-state index in [1.807, 2.05) is 24.3 Å². The lowest BCUT2D eigenvalue weighted by atomic mass is 9.89. The lowest BCUT2D eigenvalue weighted by Gasteiger charge is -2.31. The highest BCUT2D eigenvalue weighted by molar-refractivity contribution is 6.04. The van der Waals surface area contributed by atoms with Crippen molar-refractivity contribution in [1.82, 2.24) is 0 Å². The average Bonchev–Trinajstić information content (AvgIpc) is 2.28. The minimum atomic E-state index is -0.413. The van der Waals surface area contributed by atoms with Crippen molar-refractivity contribution in [3.8, 4) is 5.75 Å². The van der Waals surface area contributed by atoms with Crippen LogP contribution in [0, 0.1) is 0 Å². The smallest absolute Gasteiger partial charge is 0.154 e. The molecule has 1 fully saturated rings. The van der Waals surface area contributed by atoms with E-state index in [0.29, 0.717) is 12.8 Å². The number of ketones is 1. The monoisotopic (exact) mass is 216 g/mol. The van der Waals surface area contributed by atoms with E-state index in [4.69, 9.17) is 10.5 Å². The van der Waals surface area contributed by atoms with Gasteiger partial charge in [0.2, 0.25) is 0 Å². The van der Waals surface area contributed by atoms with Crippen molar-refractivity contribution in [3.63, 3.8) is 0 Å². The van der Waals surface area contributed by atoms with Crippen LogP contribution in [0.4, 0.5) is 5.69 Å². The van der Waals surface area contributed by atoms with Crippen LogP contribution in [-0.4, -0.2) is 23.6 Å². The molecule has 2 N–H and O–H groups in total. The summed E-state index contributed by atoms with van der Waals surface area (Å²) in [5, 5.41) is 0. The summed E-state index contributed by atoms with van der Waals surface area (Å²) >= 11 is 0. The Hall–Kier alpha value is -1.68. The Labute approximate surface area is 93.1 Å². The molecular weight excluding hydrogens is 204 g/mol. The Morgan fingerprint density at radius 1 is 1.31 bits per heavy atom. The third kappa shape index (κ3) is 1.42. The Morgan fingerprint density at radius 3 is 3.00 bits per heavy atom. The van der Waals surface area contributed by atoms with Crippen LogP contribution < -0.4 is 10.5 Å². The molecule has 1 aliphatic carbocycles. The summed E-state index contributed by atoms with van der Waals surface area (Å²) in [4.78, 5) is 16.0. The molecule has 2 aliphatic rings. The van der Waals surface area contributed by atoms with Crippen LogP contribution in [0.5, 0.6) is 5.75 Å². The maximum Gasteiger partial charge on any atom is 0.154 e. The summed E-state index contributed by atoms with van der Waals surface area (Å²) in [6.45, 7) is 0. The number of aliphatic imine (C=N–C) groups is 1. The van der Waals surface area contributed by atoms with Gasteiger partial charge in [-0.1, -0.05) is 12.1 Å². The van der Waals surface area contributed by atoms with Crippen LogP contribution in [0.15, 0.2) is 29.3 Å². The fourth-order valence-corrected chi connectivity index (χ4v) is 2.11. The topological polar surface area (TPSA) is 64.7 Å². The Bertz CT molecular complexity index is 482. The first kappa shape index (κ1) is 9.54. The molecule has 1 aliphatic heterocycles. The number of nitrogens with two attached hydrogens (primary N) is 1. The number of hydrogen-bond donors (Lipinski definition) is 1. The van der Waals surface area contributed by atoms with Crippen LogP contribution in [0.1, 0.15) is 12.8 Å². The third-order valence-electron chi connectivity index (χ3n) is 3.00. The van der Waals surface area contributed by atoms with Gasteiger partial charge in [0.05, 0.1) is 18.2 Å². The Balaban J connectivity index is 2.00. The molecule has 16 heavy (non-hydrogen) atoms. The number of nitrogens with zero attached hydrogens (tertiary/aromatic N) is 1. The Morgan fingerprint density at radius 2 is 2.12 bits per heavy atom. The number of fused-ring (bicyclic) bond motifs is 2. The molecule has 2 atom stereocenters. The van der Waals surface area contributed by atoms with E-state index in [0.717, 1.165) is 17.1 Å². The first-order chi connectivity index (χ1) is 7.74. The summed E-state index contributed by atoms with van der Waals surface area (Å²) in [6.07, 6.45) is 0.647. The van der Waals surface area contributed by atoms with E-state index >= 15 is 0 Å². The van der Waals surface area contributed by atoms with E-state index in [9.17, 15) is 4.79 Å². The number of hydrogen-bond acceptors (Lipinski definition) is 4. The highest BCUT2D eigenvalue weighted by Crippen LogP contribution is 2.34. The second kappa shape index (κ2) is 3.42. The molecule has 0 bridgehead atoms. The molecule has 0 radical (unpaired) electrons. The maximum atomic E-state index is 11.5. The van der Waals surface area contributed by atoms with Crippen molar-refractivity contribution in [2.24, 2.45) is 10.7 Å². The first-order valence-corrected chi connectivity index (χ1v) is 5.35. The van der Waals surface area contributed by atoms with Crippen molar-refractivity contribution in [3.05, 3.63) is 24.3 Å². The lowest BCUT2D eigenvalue weighted by molar-refractivity contribution is -0.121. The molecule has 2 unspecified atom stereocenters. The number of Topliss-reactive ketones (excluding diaryl/α,β-unsaturated/α-hetero) is 1. The summed E-state index contributed by atoms with van der Waals surface area (Å²) in [6, 6.07) is 7.18. The van der Waals surface area contributed by atoms with E-state index in [1.165, 1.54) is 0 Å². The van der Waals surface area contributed by atoms with Gasteiger partial charge in [-0.25, -0.2) is 4.99 Å². The first-order valence-electron chi connectivity index (χ1n) is 5.35. The molecule has 0 saturated heterocycles. The molecular formula is C12H12N2O2. The highest BCUT2D eigenvalue weighted by Gasteiger charge is 2.34. The van der Waals surface area contributed by atoms with E-state index in [-0.39, 0.29) is 11.9 Å². The van der Waals surface area contributed by atoms with Crippen molar-refractivity contribution < 1.29 is 9.53 Å². The zero-order valence-electron chi connectivity index (χ0n) is 8.72. The molecule has 4 nitrogen and oxygen atoms in total. The second-order valence-electron chi connectivity index (χ2n) is 4.16. The summed E-state index contributed by atoms with van der Waals surface area (Å²) < 4.78 is 5.75. The van der Waals surface area contributed by atoms with Crippen molar-refractivity contribution in [1.29, 1.82) is 0 Å². The van der Waals surface area contributed by atoms with Crippen molar-refractivity contribution in [2.45, 2.75) is 25.0 Å². The van der Waals surface area contributed by atoms with Crippen LogP contribution in [0.25, 0.3) is 0 Å². The fraction of sp³-hybridized carbons (Fsp3) is 0.333. The molecule has 3 rings (SSSR count). The Kier molecular flexibility index (Phi) is 2.04. The predicted molar refractivity (Wildman–Crippen MR) is 60.2 cm³/mol. The van der Waals surface area contributed by atoms with Gasteiger partial charge in [0.15, 0.2) is 5.78 Å². The molecule has 82 valence electrons. The highest BCUT2D eigenvalue weighted by atomic mass is 16.5. The summed E-state index contributed by atoms with van der Waals surface area (Å²) in [5.74, 6) is 0.808. The van der Waals surface area contributed by atoms with Crippen LogP contribution in [0.2, 0.25) is 0 Å². The number of rotatable bonds is 0.